The largest absolute Gasteiger partial charge is 0.507 e. The van der Waals surface area contributed by atoms with Crippen LogP contribution in [-0.4, -0.2) is 130 Å². The van der Waals surface area contributed by atoms with E-state index in [1.165, 1.54) is 53.2 Å². The highest BCUT2D eigenvalue weighted by Crippen LogP contribution is 2.55. The van der Waals surface area contributed by atoms with Crippen LogP contribution in [0.1, 0.15) is 70.0 Å². The molecule has 7 N–H and O–H groups in total. The first-order chi connectivity index (χ1) is 35.6. The van der Waals surface area contributed by atoms with E-state index in [9.17, 15) is 44.7 Å². The Morgan fingerprint density at radius 1 is 0.867 bits per heavy atom. The number of aliphatic hydroxyl groups excluding tert-OH is 2. The highest BCUT2D eigenvalue weighted by Gasteiger charge is 2.50. The molecular formula is C56H67N5O14. The van der Waals surface area contributed by atoms with Gasteiger partial charge in [-0.05, 0) is 56.3 Å². The van der Waals surface area contributed by atoms with E-state index in [-0.39, 0.29) is 39.9 Å². The van der Waals surface area contributed by atoms with Gasteiger partial charge in [0.05, 0.1) is 59.5 Å². The number of nitrogens with one attached hydrogen (secondary N) is 2. The fourth-order valence-electron chi connectivity index (χ4n) is 9.79. The van der Waals surface area contributed by atoms with Crippen LogP contribution in [0.5, 0.6) is 34.5 Å². The molecule has 400 valence electrons. The molecule has 4 aromatic carbocycles. The number of piperazine rings is 1. The fraction of sp³-hybridized carbons (Fsp3) is 0.411. The van der Waals surface area contributed by atoms with E-state index in [0.29, 0.717) is 31.9 Å². The molecule has 4 aliphatic rings. The van der Waals surface area contributed by atoms with Crippen LogP contribution in [0, 0.1) is 30.6 Å². The lowest BCUT2D eigenvalue weighted by Crippen LogP contribution is -2.49. The number of methoxy groups -OCH3 is 1. The summed E-state index contributed by atoms with van der Waals surface area (Å²) in [5.41, 5.74) is 2.53. The van der Waals surface area contributed by atoms with Crippen LogP contribution in [0.3, 0.4) is 0 Å². The first kappa shape index (κ1) is 55.3. The van der Waals surface area contributed by atoms with Crippen molar-refractivity contribution in [1.29, 1.82) is 0 Å². The normalized spacial score (nSPS) is 27.5. The van der Waals surface area contributed by atoms with Crippen molar-refractivity contribution in [3.05, 3.63) is 107 Å². The van der Waals surface area contributed by atoms with E-state index in [2.05, 4.69) is 20.7 Å². The van der Waals surface area contributed by atoms with Gasteiger partial charge in [-0.1, -0.05) is 64.1 Å². The van der Waals surface area contributed by atoms with Crippen molar-refractivity contribution in [3.8, 4) is 34.5 Å². The molecule has 4 aromatic rings. The number of hydrogen-bond acceptors (Lipinski definition) is 17. The molecule has 1 saturated heterocycles. The van der Waals surface area contributed by atoms with E-state index in [4.69, 9.17) is 23.7 Å². The number of allylic oxidation sites excluding steroid dienone is 2. The molecule has 0 spiro atoms. The summed E-state index contributed by atoms with van der Waals surface area (Å²) >= 11 is 0. The highest BCUT2D eigenvalue weighted by molar-refractivity contribution is 6.24. The zero-order valence-corrected chi connectivity index (χ0v) is 43.6. The Morgan fingerprint density at radius 2 is 1.53 bits per heavy atom. The lowest BCUT2D eigenvalue weighted by Gasteiger charge is -2.38. The van der Waals surface area contributed by atoms with Gasteiger partial charge in [0.15, 0.2) is 5.75 Å². The Bertz CT molecular complexity index is 2900. The molecule has 9 atom stereocenters. The standard InChI is InChI=1S/C56H67N5O14/c1-30-14-13-15-31(2)55(70)58-46-40(28-57-59-42(63)29-60-23-25-61(26-24-60)37-18-20-39(21-19-37)74-38-16-11-10-12-17-38)50(67)43-44(51(46)68)49(66)35(6)53-45(43)54(69)56(8,75-53)72-27-22-41(71-9)32(3)52(73-36(7)62)34(5)48(65)33(4)47(30)64/h10-22,27-28,30,32-34,41,47-48,52,64-68H,23-26,29H2,1-9H3,(H,58,70)(H,59,63)/b14-13+,27-22+,31-15-,57-28?/t30-,32-,33-,34-,41+,47+,48-,52-,56+/m1/s1. The minimum Gasteiger partial charge on any atom is -0.507 e. The Morgan fingerprint density at radius 3 is 2.19 bits per heavy atom. The molecule has 19 heteroatoms. The van der Waals surface area contributed by atoms with Crippen molar-refractivity contribution in [2.45, 2.75) is 85.6 Å². The van der Waals surface area contributed by atoms with Crippen molar-refractivity contribution < 1.29 is 68.4 Å². The second-order valence-electron chi connectivity index (χ2n) is 19.6. The monoisotopic (exact) mass is 1030 g/mol. The lowest BCUT2D eigenvalue weighted by atomic mass is 9.78. The number of esters is 1. The number of carbonyl (C=O) groups excluding carboxylic acids is 4. The number of phenols is 3. The van der Waals surface area contributed by atoms with Gasteiger partial charge in [0.25, 0.3) is 17.6 Å². The SMILES string of the molecule is CO[C@H]1/C=C/O[C@@]2(C)Oc3c(C)c(O)c4c(O)c(c(C=NNC(=O)CN5CCN(c6ccc(Oc7ccccc7)cc6)CC5)c(O)c4c3C2=O)NC(=O)/C(C)=C\C=C\[C@@H](C)[C@H](O)[C@@H](C)[C@@H](O)[C@@H](C)[C@H](OC(C)=O)[C@@H]1C. The van der Waals surface area contributed by atoms with Gasteiger partial charge in [0, 0.05) is 93.0 Å². The first-order valence-corrected chi connectivity index (χ1v) is 24.9. The molecule has 0 aliphatic carbocycles. The van der Waals surface area contributed by atoms with Crippen molar-refractivity contribution in [2.24, 2.45) is 28.8 Å². The molecule has 0 unspecified atom stereocenters. The molecule has 0 aromatic heterocycles. The number of aliphatic hydroxyl groups is 2. The van der Waals surface area contributed by atoms with Gasteiger partial charge in [-0.15, -0.1) is 0 Å². The number of aromatic hydroxyl groups is 3. The van der Waals surface area contributed by atoms with Crippen molar-refractivity contribution in [3.63, 3.8) is 0 Å². The van der Waals surface area contributed by atoms with Crippen LogP contribution in [0.4, 0.5) is 11.4 Å². The van der Waals surface area contributed by atoms with Crippen molar-refractivity contribution >= 4 is 51.9 Å². The van der Waals surface area contributed by atoms with Crippen LogP contribution >= 0.6 is 0 Å². The third-order valence-corrected chi connectivity index (χ3v) is 14.3. The molecule has 8 rings (SSSR count). The van der Waals surface area contributed by atoms with E-state index < -0.39 is 106 Å². The summed E-state index contributed by atoms with van der Waals surface area (Å²) in [5, 5.41) is 65.0. The third kappa shape index (κ3) is 11.9. The van der Waals surface area contributed by atoms with Crippen LogP contribution in [0.15, 0.2) is 95.8 Å². The van der Waals surface area contributed by atoms with Crippen LogP contribution in [-0.2, 0) is 28.6 Å². The number of benzene rings is 4. The Hall–Kier alpha value is -7.45. The minimum atomic E-state index is -2.12. The average molecular weight is 1030 g/mol. The number of fused-ring (bicyclic) bond motifs is 14. The number of anilines is 2. The number of Topliss-reactive ketones (excluding diaryl/α,β-unsaturated/α-hetero) is 1. The Labute approximate surface area is 435 Å². The first-order valence-electron chi connectivity index (χ1n) is 24.9. The van der Waals surface area contributed by atoms with Crippen LogP contribution in [0.25, 0.3) is 10.8 Å². The maximum atomic E-state index is 14.6. The summed E-state index contributed by atoms with van der Waals surface area (Å²) in [6.07, 6.45) is 4.23. The predicted molar refractivity (Wildman–Crippen MR) is 281 cm³/mol. The number of nitrogens with zero attached hydrogens (tertiary/aromatic N) is 3. The number of hydrazone groups is 1. The summed E-state index contributed by atoms with van der Waals surface area (Å²) in [4.78, 5) is 58.5. The molecule has 5 bridgehead atoms. The van der Waals surface area contributed by atoms with Gasteiger partial charge >= 0.3 is 11.8 Å². The van der Waals surface area contributed by atoms with Gasteiger partial charge in [-0.25, -0.2) is 5.43 Å². The number of ketones is 1. The topological polar surface area (TPSA) is 258 Å². The number of para-hydroxylation sites is 1. The van der Waals surface area contributed by atoms with Gasteiger partial charge in [-0.3, -0.25) is 24.1 Å². The van der Waals surface area contributed by atoms with E-state index in [1.807, 2.05) is 59.5 Å². The second kappa shape index (κ2) is 23.4. The lowest BCUT2D eigenvalue weighted by molar-refractivity contribution is -0.160. The molecule has 1 fully saturated rings. The fourth-order valence-corrected chi connectivity index (χ4v) is 9.79. The molecule has 75 heavy (non-hydrogen) atoms. The predicted octanol–water partition coefficient (Wildman–Crippen LogP) is 6.82. The summed E-state index contributed by atoms with van der Waals surface area (Å²) in [5.74, 6) is -8.26. The number of hydrogen-bond donors (Lipinski definition) is 7. The summed E-state index contributed by atoms with van der Waals surface area (Å²) in [6.45, 7) is 14.7. The number of ether oxygens (including phenoxy) is 5. The molecule has 2 amide bonds. The van der Waals surface area contributed by atoms with E-state index in [1.54, 1.807) is 39.8 Å². The van der Waals surface area contributed by atoms with Gasteiger partial charge in [0.1, 0.15) is 34.9 Å². The Kier molecular flexibility index (Phi) is 17.3. The summed E-state index contributed by atoms with van der Waals surface area (Å²) in [6, 6.07) is 17.3. The molecular weight excluding hydrogens is 967 g/mol. The molecule has 4 heterocycles. The molecule has 4 aliphatic heterocycles. The molecule has 0 radical (unpaired) electrons. The smallest absolute Gasteiger partial charge is 0.312 e. The van der Waals surface area contributed by atoms with E-state index >= 15 is 0 Å². The quantitative estimate of drug-likeness (QED) is 0.0298. The maximum absolute atomic E-state index is 14.6. The number of phenolic OH excluding ortho intramolecular Hbond substituents is 3. The third-order valence-electron chi connectivity index (χ3n) is 14.3. The maximum Gasteiger partial charge on any atom is 0.312 e. The van der Waals surface area contributed by atoms with Crippen molar-refractivity contribution in [2.75, 3.05) is 50.1 Å². The molecule has 19 nitrogen and oxygen atoms in total. The molecule has 0 saturated carbocycles. The number of carbonyl (C=O) groups is 4. The van der Waals surface area contributed by atoms with Crippen molar-refractivity contribution in [1.82, 2.24) is 10.3 Å². The average Bonchev–Trinajstić information content (AvgIpc) is 3.66. The minimum absolute atomic E-state index is 0.00702. The summed E-state index contributed by atoms with van der Waals surface area (Å²) < 4.78 is 29.6. The highest BCUT2D eigenvalue weighted by atomic mass is 16.7. The summed E-state index contributed by atoms with van der Waals surface area (Å²) in [7, 11) is 1.42. The van der Waals surface area contributed by atoms with Gasteiger partial charge in [0.2, 0.25) is 0 Å². The zero-order chi connectivity index (χ0) is 54.5. The van der Waals surface area contributed by atoms with Crippen LogP contribution in [0.2, 0.25) is 0 Å². The van der Waals surface area contributed by atoms with Gasteiger partial charge < -0.3 is 59.4 Å². The second-order valence-corrected chi connectivity index (χ2v) is 19.6. The van der Waals surface area contributed by atoms with Crippen LogP contribution < -0.4 is 25.1 Å². The zero-order valence-electron chi connectivity index (χ0n) is 43.6. The van der Waals surface area contributed by atoms with Gasteiger partial charge in [-0.2, -0.15) is 5.10 Å². The number of amides is 2. The Balaban J connectivity index is 1.19. The van der Waals surface area contributed by atoms with E-state index in [0.717, 1.165) is 17.7 Å². The number of rotatable bonds is 9.